The third kappa shape index (κ3) is 1.89. The molecule has 0 aromatic heterocycles. The molecule has 0 aliphatic carbocycles. The van der Waals surface area contributed by atoms with E-state index >= 15 is 0 Å². The van der Waals surface area contributed by atoms with E-state index in [0.717, 1.165) is 16.0 Å². The van der Waals surface area contributed by atoms with E-state index in [0.29, 0.717) is 5.69 Å². The zero-order valence-corrected chi connectivity index (χ0v) is 12.4. The highest BCUT2D eigenvalue weighted by molar-refractivity contribution is 6.46. The summed E-state index contributed by atoms with van der Waals surface area (Å²) in [6.07, 6.45) is 0. The van der Waals surface area contributed by atoms with Gasteiger partial charge in [0.05, 0.1) is 12.8 Å². The highest BCUT2D eigenvalue weighted by atomic mass is 16.5. The lowest BCUT2D eigenvalue weighted by molar-refractivity contribution is -0.133. The molecule has 1 N–H and O–H groups in total. The molecule has 0 bridgehead atoms. The third-order valence-electron chi connectivity index (χ3n) is 3.92. The predicted molar refractivity (Wildman–Crippen MR) is 78.3 cm³/mol. The maximum atomic E-state index is 12.7. The van der Waals surface area contributed by atoms with Crippen molar-refractivity contribution >= 4 is 29.2 Å². The van der Waals surface area contributed by atoms with Crippen LogP contribution in [0.1, 0.15) is 11.1 Å². The number of carbonyl (C=O) groups is 3. The Balaban J connectivity index is 2.02. The molecule has 2 aliphatic heterocycles. The van der Waals surface area contributed by atoms with Gasteiger partial charge < -0.3 is 4.74 Å². The second-order valence-electron chi connectivity index (χ2n) is 5.37. The van der Waals surface area contributed by atoms with Crippen molar-refractivity contribution in [3.63, 3.8) is 0 Å². The molecular weight excluding hydrogens is 286 g/mol. The Kier molecular flexibility index (Phi) is 3.20. The van der Waals surface area contributed by atoms with Crippen LogP contribution in [0.4, 0.5) is 5.69 Å². The summed E-state index contributed by atoms with van der Waals surface area (Å²) < 4.78 is 4.62. The number of amides is 2. The molecule has 3 rings (SSSR count). The molecule has 2 amide bonds. The summed E-state index contributed by atoms with van der Waals surface area (Å²) in [5.74, 6) is -2.51. The second kappa shape index (κ2) is 4.94. The number of anilines is 1. The van der Waals surface area contributed by atoms with Crippen LogP contribution in [0, 0.1) is 19.8 Å². The zero-order valence-electron chi connectivity index (χ0n) is 12.4. The summed E-state index contributed by atoms with van der Waals surface area (Å²) in [6, 6.07) is 4.69. The summed E-state index contributed by atoms with van der Waals surface area (Å²) in [5, 5.41) is 3.78. The monoisotopic (exact) mass is 301 g/mol. The molecule has 2 heterocycles. The van der Waals surface area contributed by atoms with Gasteiger partial charge in [0.15, 0.2) is 5.71 Å². The Hall–Kier alpha value is -2.70. The average Bonchev–Trinajstić information content (AvgIpc) is 3.03. The minimum absolute atomic E-state index is 0.0568. The predicted octanol–water partition coefficient (Wildman–Crippen LogP) is 0.294. The largest absolute Gasteiger partial charge is 0.464 e. The van der Waals surface area contributed by atoms with Crippen molar-refractivity contribution in [2.75, 3.05) is 12.0 Å². The molecule has 7 heteroatoms. The summed E-state index contributed by atoms with van der Waals surface area (Å²) in [5.41, 5.74) is 4.80. The first-order chi connectivity index (χ1) is 10.5. The number of hydrogen-bond donors (Lipinski definition) is 1. The van der Waals surface area contributed by atoms with Gasteiger partial charge in [0, 0.05) is 0 Å². The molecule has 1 aromatic carbocycles. The number of methoxy groups -OCH3 is 1. The first-order valence-corrected chi connectivity index (χ1v) is 6.82. The number of hydrazone groups is 1. The molecule has 0 unspecified atom stereocenters. The SMILES string of the molecule is COC(=O)C1=NN[C@H]2C(=O)N(c3cc(C)ccc3C)C(=O)[C@@H]12. The molecule has 0 radical (unpaired) electrons. The molecule has 2 aliphatic rings. The van der Waals surface area contributed by atoms with Gasteiger partial charge in [-0.15, -0.1) is 0 Å². The van der Waals surface area contributed by atoms with Gasteiger partial charge in [-0.2, -0.15) is 5.10 Å². The standard InChI is InChI=1S/C15H15N3O4/c1-7-4-5-8(2)9(6-7)18-13(19)10-11(14(18)20)16-17-12(10)15(21)22-3/h4-6,10-11,16H,1-3H3/t10-,11-/m1/s1. The third-order valence-corrected chi connectivity index (χ3v) is 3.92. The van der Waals surface area contributed by atoms with Gasteiger partial charge in [-0.3, -0.25) is 15.0 Å². The van der Waals surface area contributed by atoms with Gasteiger partial charge in [0.25, 0.3) is 5.91 Å². The molecule has 2 atom stereocenters. The van der Waals surface area contributed by atoms with Gasteiger partial charge >= 0.3 is 5.97 Å². The number of carbonyl (C=O) groups excluding carboxylic acids is 3. The fourth-order valence-electron chi connectivity index (χ4n) is 2.76. The van der Waals surface area contributed by atoms with Crippen LogP contribution in [0.25, 0.3) is 0 Å². The van der Waals surface area contributed by atoms with E-state index in [1.807, 2.05) is 26.0 Å². The highest BCUT2D eigenvalue weighted by Gasteiger charge is 2.55. The van der Waals surface area contributed by atoms with Gasteiger partial charge in [-0.05, 0) is 31.0 Å². The first kappa shape index (κ1) is 14.2. The normalized spacial score (nSPS) is 23.2. The lowest BCUT2D eigenvalue weighted by Gasteiger charge is -2.18. The summed E-state index contributed by atoms with van der Waals surface area (Å²) in [7, 11) is 1.21. The summed E-state index contributed by atoms with van der Waals surface area (Å²) >= 11 is 0. The summed E-state index contributed by atoms with van der Waals surface area (Å²) in [6.45, 7) is 3.71. The van der Waals surface area contributed by atoms with Crippen molar-refractivity contribution in [2.24, 2.45) is 11.0 Å². The maximum absolute atomic E-state index is 12.7. The highest BCUT2D eigenvalue weighted by Crippen LogP contribution is 2.32. The van der Waals surface area contributed by atoms with Gasteiger partial charge in [-0.25, -0.2) is 9.69 Å². The lowest BCUT2D eigenvalue weighted by Crippen LogP contribution is -2.36. The van der Waals surface area contributed by atoms with Crippen LogP contribution >= 0.6 is 0 Å². The van der Waals surface area contributed by atoms with Crippen LogP contribution in [0.15, 0.2) is 23.3 Å². The minimum Gasteiger partial charge on any atom is -0.464 e. The smallest absolute Gasteiger partial charge is 0.355 e. The van der Waals surface area contributed by atoms with E-state index in [-0.39, 0.29) is 5.71 Å². The van der Waals surface area contributed by atoms with Gasteiger partial charge in [0.1, 0.15) is 12.0 Å². The Morgan fingerprint density at radius 1 is 1.27 bits per heavy atom. The number of imide groups is 1. The number of aryl methyl sites for hydroxylation is 2. The number of nitrogens with zero attached hydrogens (tertiary/aromatic N) is 2. The van der Waals surface area contributed by atoms with Crippen molar-refractivity contribution in [2.45, 2.75) is 19.9 Å². The average molecular weight is 301 g/mol. The number of fused-ring (bicyclic) bond motifs is 1. The fraction of sp³-hybridized carbons (Fsp3) is 0.333. The number of benzene rings is 1. The second-order valence-corrected chi connectivity index (χ2v) is 5.37. The summed E-state index contributed by atoms with van der Waals surface area (Å²) in [4.78, 5) is 38.0. The molecule has 114 valence electrons. The molecule has 0 saturated carbocycles. The number of rotatable bonds is 2. The van der Waals surface area contributed by atoms with E-state index in [2.05, 4.69) is 15.3 Å². The van der Waals surface area contributed by atoms with Crippen molar-refractivity contribution in [1.29, 1.82) is 0 Å². The molecular formula is C15H15N3O4. The van der Waals surface area contributed by atoms with E-state index in [4.69, 9.17) is 0 Å². The van der Waals surface area contributed by atoms with Gasteiger partial charge in [-0.1, -0.05) is 12.1 Å². The minimum atomic E-state index is -0.931. The Labute approximate surface area is 126 Å². The first-order valence-electron chi connectivity index (χ1n) is 6.82. The van der Waals surface area contributed by atoms with Crippen LogP contribution in [0.2, 0.25) is 0 Å². The Morgan fingerprint density at radius 3 is 2.68 bits per heavy atom. The van der Waals surface area contributed by atoms with Crippen molar-refractivity contribution in [3.05, 3.63) is 29.3 Å². The van der Waals surface area contributed by atoms with Crippen LogP contribution in [0.3, 0.4) is 0 Å². The fourth-order valence-corrected chi connectivity index (χ4v) is 2.76. The zero-order chi connectivity index (χ0) is 16.0. The molecule has 7 nitrogen and oxygen atoms in total. The van der Waals surface area contributed by atoms with Crippen molar-refractivity contribution in [1.82, 2.24) is 5.43 Å². The number of nitrogens with one attached hydrogen (secondary N) is 1. The van der Waals surface area contributed by atoms with Crippen molar-refractivity contribution in [3.8, 4) is 0 Å². The van der Waals surface area contributed by atoms with Crippen LogP contribution in [0.5, 0.6) is 0 Å². The molecule has 22 heavy (non-hydrogen) atoms. The van der Waals surface area contributed by atoms with Crippen LogP contribution < -0.4 is 10.3 Å². The molecule has 1 saturated heterocycles. The quantitative estimate of drug-likeness (QED) is 0.627. The van der Waals surface area contributed by atoms with Crippen LogP contribution in [-0.2, 0) is 19.1 Å². The van der Waals surface area contributed by atoms with E-state index < -0.39 is 29.7 Å². The molecule has 1 fully saturated rings. The molecule has 0 spiro atoms. The van der Waals surface area contributed by atoms with E-state index in [1.54, 1.807) is 6.07 Å². The topological polar surface area (TPSA) is 88.1 Å². The van der Waals surface area contributed by atoms with E-state index in [9.17, 15) is 14.4 Å². The maximum Gasteiger partial charge on any atom is 0.355 e. The van der Waals surface area contributed by atoms with Crippen LogP contribution in [-0.4, -0.2) is 36.6 Å². The van der Waals surface area contributed by atoms with Gasteiger partial charge in [0.2, 0.25) is 5.91 Å². The number of ether oxygens (including phenoxy) is 1. The number of esters is 1. The van der Waals surface area contributed by atoms with Crippen molar-refractivity contribution < 1.29 is 19.1 Å². The Morgan fingerprint density at radius 2 is 2.00 bits per heavy atom. The Bertz CT molecular complexity index is 725. The lowest BCUT2D eigenvalue weighted by atomic mass is 9.99. The van der Waals surface area contributed by atoms with E-state index in [1.165, 1.54) is 7.11 Å². The molecule has 1 aromatic rings. The number of hydrogen-bond acceptors (Lipinski definition) is 6.